The maximum atomic E-state index is 11.2. The Morgan fingerprint density at radius 3 is 2.57 bits per heavy atom. The summed E-state index contributed by atoms with van der Waals surface area (Å²) < 4.78 is 4.34. The van der Waals surface area contributed by atoms with Gasteiger partial charge in [0.15, 0.2) is 6.04 Å². The summed E-state index contributed by atoms with van der Waals surface area (Å²) in [6.07, 6.45) is -0.736. The van der Waals surface area contributed by atoms with Crippen molar-refractivity contribution in [2.75, 3.05) is 0 Å². The third-order valence-electron chi connectivity index (χ3n) is 1.91. The van der Waals surface area contributed by atoms with Gasteiger partial charge in [0.05, 0.1) is 0 Å². The van der Waals surface area contributed by atoms with Gasteiger partial charge in [0.2, 0.25) is 0 Å². The van der Waals surface area contributed by atoms with Crippen LogP contribution in [0.25, 0.3) is 0 Å². The van der Waals surface area contributed by atoms with E-state index >= 15 is 0 Å². The quantitative estimate of drug-likeness (QED) is 0.568. The molecule has 2 rings (SSSR count). The molecule has 14 heavy (non-hydrogen) atoms. The highest BCUT2D eigenvalue weighted by Crippen LogP contribution is 2.26. The highest BCUT2D eigenvalue weighted by atomic mass is 35.5. The molecule has 0 bridgehead atoms. The van der Waals surface area contributed by atoms with Crippen LogP contribution in [-0.4, -0.2) is 12.1 Å². The molecule has 1 saturated heterocycles. The van der Waals surface area contributed by atoms with Crippen LogP contribution < -0.4 is 5.32 Å². The van der Waals surface area contributed by atoms with Gasteiger partial charge in [-0.2, -0.15) is 0 Å². The van der Waals surface area contributed by atoms with Gasteiger partial charge in [-0.25, -0.2) is 9.59 Å². The van der Waals surface area contributed by atoms with Crippen molar-refractivity contribution in [2.24, 2.45) is 0 Å². The van der Waals surface area contributed by atoms with Crippen molar-refractivity contribution >= 4 is 23.7 Å². The molecule has 4 nitrogen and oxygen atoms in total. The Balaban J connectivity index is 2.36. The number of hydrogen-bond acceptors (Lipinski definition) is 3. The number of alkyl carbamates (subject to hydrolysis) is 1. The Morgan fingerprint density at radius 2 is 2.00 bits per heavy atom. The summed E-state index contributed by atoms with van der Waals surface area (Å²) in [7, 11) is 0. The van der Waals surface area contributed by atoms with E-state index in [1.165, 1.54) is 0 Å². The zero-order chi connectivity index (χ0) is 10.1. The molecule has 1 amide bonds. The molecule has 1 aliphatic rings. The molecular weight excluding hydrogens is 206 g/mol. The number of nitrogens with one attached hydrogen (secondary N) is 1. The summed E-state index contributed by atoms with van der Waals surface area (Å²) in [6.45, 7) is 0. The largest absolute Gasteiger partial charge is 0.415 e. The van der Waals surface area contributed by atoms with E-state index in [4.69, 9.17) is 11.6 Å². The second kappa shape index (κ2) is 3.31. The number of halogens is 1. The monoisotopic (exact) mass is 211 g/mol. The Hall–Kier alpha value is -1.55. The minimum absolute atomic E-state index is 0.427. The van der Waals surface area contributed by atoms with Crippen molar-refractivity contribution in [3.8, 4) is 0 Å². The van der Waals surface area contributed by atoms with Crippen molar-refractivity contribution < 1.29 is 14.3 Å². The van der Waals surface area contributed by atoms with Gasteiger partial charge in [-0.15, -0.1) is 0 Å². The van der Waals surface area contributed by atoms with E-state index in [0.717, 1.165) is 0 Å². The molecule has 0 radical (unpaired) electrons. The van der Waals surface area contributed by atoms with Crippen molar-refractivity contribution in [3.05, 3.63) is 34.9 Å². The number of cyclic esters (lactones) is 2. The van der Waals surface area contributed by atoms with Crippen molar-refractivity contribution in [1.29, 1.82) is 0 Å². The van der Waals surface area contributed by atoms with Gasteiger partial charge in [0.1, 0.15) is 0 Å². The van der Waals surface area contributed by atoms with Gasteiger partial charge >= 0.3 is 12.1 Å². The van der Waals surface area contributed by atoms with Crippen molar-refractivity contribution in [3.63, 3.8) is 0 Å². The van der Waals surface area contributed by atoms with E-state index in [2.05, 4.69) is 10.1 Å². The first-order valence-electron chi connectivity index (χ1n) is 3.95. The van der Waals surface area contributed by atoms with Crippen LogP contribution in [0.3, 0.4) is 0 Å². The summed E-state index contributed by atoms with van der Waals surface area (Å²) in [5.74, 6) is -0.622. The summed E-state index contributed by atoms with van der Waals surface area (Å²) >= 11 is 5.86. The molecule has 1 unspecified atom stereocenters. The van der Waals surface area contributed by atoms with Gasteiger partial charge in [-0.1, -0.05) is 29.8 Å². The van der Waals surface area contributed by atoms with Gasteiger partial charge in [-0.3, -0.25) is 0 Å². The number of carbonyl (C=O) groups excluding carboxylic acids is 2. The molecule has 5 heteroatoms. The number of benzene rings is 1. The molecule has 1 N–H and O–H groups in total. The van der Waals surface area contributed by atoms with Crippen LogP contribution in [-0.2, 0) is 9.53 Å². The lowest BCUT2D eigenvalue weighted by Crippen LogP contribution is -2.20. The van der Waals surface area contributed by atoms with Crippen LogP contribution >= 0.6 is 11.6 Å². The molecule has 1 atom stereocenters. The maximum Gasteiger partial charge on any atom is 0.415 e. The Kier molecular flexibility index (Phi) is 2.13. The highest BCUT2D eigenvalue weighted by molar-refractivity contribution is 6.31. The average Bonchev–Trinajstić information content (AvgIpc) is 2.46. The van der Waals surface area contributed by atoms with Crippen LogP contribution in [0.1, 0.15) is 11.6 Å². The van der Waals surface area contributed by atoms with Crippen LogP contribution in [0, 0.1) is 0 Å². The fraction of sp³-hybridized carbons (Fsp3) is 0.111. The zero-order valence-corrected chi connectivity index (χ0v) is 7.75. The predicted octanol–water partition coefficient (Wildman–Crippen LogP) is 1.65. The Morgan fingerprint density at radius 1 is 1.29 bits per heavy atom. The van der Waals surface area contributed by atoms with Crippen LogP contribution in [0.2, 0.25) is 5.02 Å². The summed E-state index contributed by atoms with van der Waals surface area (Å²) in [5.41, 5.74) is 0.546. The molecule has 0 aliphatic carbocycles. The normalized spacial score (nSPS) is 20.5. The third kappa shape index (κ3) is 1.44. The average molecular weight is 212 g/mol. The van der Waals surface area contributed by atoms with Gasteiger partial charge in [-0.05, 0) is 6.07 Å². The molecule has 0 saturated carbocycles. The van der Waals surface area contributed by atoms with Gasteiger partial charge in [0.25, 0.3) is 0 Å². The maximum absolute atomic E-state index is 11.2. The number of hydrogen-bond donors (Lipinski definition) is 1. The van der Waals surface area contributed by atoms with Gasteiger partial charge in [0, 0.05) is 10.6 Å². The summed E-state index contributed by atoms with van der Waals surface area (Å²) in [6, 6.07) is 6.01. The van der Waals surface area contributed by atoms with Crippen molar-refractivity contribution in [1.82, 2.24) is 5.32 Å². The molecule has 1 fully saturated rings. The zero-order valence-electron chi connectivity index (χ0n) is 6.99. The van der Waals surface area contributed by atoms with E-state index in [-0.39, 0.29) is 0 Å². The SMILES string of the molecule is O=C1NC(c2ccccc2Cl)C(=O)O1. The van der Waals surface area contributed by atoms with Crippen LogP contribution in [0.4, 0.5) is 4.79 Å². The molecule has 0 spiro atoms. The molecule has 1 heterocycles. The lowest BCUT2D eigenvalue weighted by molar-refractivity contribution is -0.135. The molecule has 1 aromatic carbocycles. The smallest absolute Gasteiger partial charge is 0.374 e. The van der Waals surface area contributed by atoms with E-state index in [1.54, 1.807) is 24.3 Å². The fourth-order valence-corrected chi connectivity index (χ4v) is 1.52. The molecule has 1 aromatic rings. The summed E-state index contributed by atoms with van der Waals surface area (Å²) in [4.78, 5) is 21.9. The standard InChI is InChI=1S/C9H6ClNO3/c10-6-4-2-1-3-5(6)7-8(12)14-9(13)11-7/h1-4,7H,(H,11,13). The van der Waals surface area contributed by atoms with Crippen LogP contribution in [0.15, 0.2) is 24.3 Å². The fourth-order valence-electron chi connectivity index (χ4n) is 1.27. The second-order valence-electron chi connectivity index (χ2n) is 2.81. The topological polar surface area (TPSA) is 55.4 Å². The first-order chi connectivity index (χ1) is 6.68. The number of amides is 1. The van der Waals surface area contributed by atoms with Crippen LogP contribution in [0.5, 0.6) is 0 Å². The number of ether oxygens (including phenoxy) is 1. The lowest BCUT2D eigenvalue weighted by atomic mass is 10.1. The van der Waals surface area contributed by atoms with E-state index in [0.29, 0.717) is 10.6 Å². The number of carbonyl (C=O) groups is 2. The second-order valence-corrected chi connectivity index (χ2v) is 3.21. The summed E-state index contributed by atoms with van der Waals surface area (Å²) in [5, 5.41) is 2.79. The number of rotatable bonds is 1. The first-order valence-corrected chi connectivity index (χ1v) is 4.33. The molecule has 1 aliphatic heterocycles. The molecule has 0 aromatic heterocycles. The van der Waals surface area contributed by atoms with Gasteiger partial charge < -0.3 is 10.1 Å². The van der Waals surface area contributed by atoms with E-state index in [1.807, 2.05) is 0 Å². The molecular formula is C9H6ClNO3. The Labute approximate surface area is 84.8 Å². The minimum Gasteiger partial charge on any atom is -0.374 e. The highest BCUT2D eigenvalue weighted by Gasteiger charge is 2.34. The van der Waals surface area contributed by atoms with E-state index in [9.17, 15) is 9.59 Å². The number of esters is 1. The van der Waals surface area contributed by atoms with E-state index < -0.39 is 18.1 Å². The third-order valence-corrected chi connectivity index (χ3v) is 2.25. The minimum atomic E-state index is -0.781. The van der Waals surface area contributed by atoms with Crippen molar-refractivity contribution in [2.45, 2.75) is 6.04 Å². The molecule has 72 valence electrons. The Bertz CT molecular complexity index is 405. The predicted molar refractivity (Wildman–Crippen MR) is 48.8 cm³/mol. The first kappa shape index (κ1) is 9.02. The lowest BCUT2D eigenvalue weighted by Gasteiger charge is -2.06.